The van der Waals surface area contributed by atoms with Gasteiger partial charge in [0.2, 0.25) is 0 Å². The first-order chi connectivity index (χ1) is 15.4. The van der Waals surface area contributed by atoms with Gasteiger partial charge < -0.3 is 19.5 Å². The van der Waals surface area contributed by atoms with Crippen LogP contribution in [-0.2, 0) is 24.0 Å². The van der Waals surface area contributed by atoms with Crippen molar-refractivity contribution in [2.75, 3.05) is 25.6 Å². The standard InChI is InChI=1S/C24H26F3N3O2/c1-32-15-7-14-30(23(31)28-21-10-3-2-4-11-21)18-22-12-6-13-29(22)17-19-8-5-9-20(16-19)24(25,26)27/h2-6,8-13,16H,7,14-15,17-18H2,1H3,(H,28,31). The minimum absolute atomic E-state index is 0.251. The number of anilines is 1. The second-order valence-electron chi connectivity index (χ2n) is 7.39. The second-order valence-corrected chi connectivity index (χ2v) is 7.39. The van der Waals surface area contributed by atoms with Crippen LogP contribution in [0, 0.1) is 0 Å². The van der Waals surface area contributed by atoms with E-state index in [0.29, 0.717) is 37.4 Å². The Hall–Kier alpha value is -3.26. The summed E-state index contributed by atoms with van der Waals surface area (Å²) in [6.45, 7) is 1.58. The van der Waals surface area contributed by atoms with E-state index in [0.717, 1.165) is 17.8 Å². The van der Waals surface area contributed by atoms with E-state index in [9.17, 15) is 18.0 Å². The van der Waals surface area contributed by atoms with E-state index in [-0.39, 0.29) is 12.6 Å². The van der Waals surface area contributed by atoms with Gasteiger partial charge in [-0.15, -0.1) is 0 Å². The highest BCUT2D eigenvalue weighted by Gasteiger charge is 2.30. The first kappa shape index (κ1) is 23.4. The number of hydrogen-bond donors (Lipinski definition) is 1. The SMILES string of the molecule is COCCCN(Cc1cccn1Cc1cccc(C(F)(F)F)c1)C(=O)Nc1ccccc1. The third-order valence-corrected chi connectivity index (χ3v) is 4.97. The molecule has 170 valence electrons. The van der Waals surface area contributed by atoms with Crippen molar-refractivity contribution in [2.24, 2.45) is 0 Å². The Labute approximate surface area is 185 Å². The Bertz CT molecular complexity index is 1000. The van der Waals surface area contributed by atoms with Gasteiger partial charge in [0.15, 0.2) is 0 Å². The first-order valence-electron chi connectivity index (χ1n) is 10.3. The van der Waals surface area contributed by atoms with Crippen molar-refractivity contribution >= 4 is 11.7 Å². The van der Waals surface area contributed by atoms with Gasteiger partial charge in [0.25, 0.3) is 0 Å². The first-order valence-corrected chi connectivity index (χ1v) is 10.3. The molecule has 1 aromatic heterocycles. The maximum atomic E-state index is 13.0. The van der Waals surface area contributed by atoms with E-state index < -0.39 is 11.7 Å². The molecule has 0 aliphatic carbocycles. The molecule has 1 heterocycles. The summed E-state index contributed by atoms with van der Waals surface area (Å²) in [5.74, 6) is 0. The smallest absolute Gasteiger partial charge is 0.385 e. The van der Waals surface area contributed by atoms with Crippen LogP contribution in [-0.4, -0.2) is 35.8 Å². The highest BCUT2D eigenvalue weighted by atomic mass is 19.4. The molecule has 0 aliphatic rings. The van der Waals surface area contributed by atoms with Crippen molar-refractivity contribution in [1.82, 2.24) is 9.47 Å². The summed E-state index contributed by atoms with van der Waals surface area (Å²) in [4.78, 5) is 14.6. The molecular weight excluding hydrogens is 419 g/mol. The Morgan fingerprint density at radius 1 is 1.06 bits per heavy atom. The fraction of sp³-hybridized carbons (Fsp3) is 0.292. The van der Waals surface area contributed by atoms with Gasteiger partial charge in [0, 0.05) is 44.4 Å². The van der Waals surface area contributed by atoms with E-state index in [4.69, 9.17) is 4.74 Å². The minimum atomic E-state index is -4.39. The maximum Gasteiger partial charge on any atom is 0.416 e. The number of carbonyl (C=O) groups excluding carboxylic acids is 1. The van der Waals surface area contributed by atoms with Crippen LogP contribution in [0.1, 0.15) is 23.2 Å². The van der Waals surface area contributed by atoms with Gasteiger partial charge in [-0.05, 0) is 48.4 Å². The van der Waals surface area contributed by atoms with Crippen LogP contribution in [0.15, 0.2) is 72.9 Å². The molecule has 3 aromatic rings. The molecule has 0 radical (unpaired) electrons. The predicted octanol–water partition coefficient (Wildman–Crippen LogP) is 5.63. The van der Waals surface area contributed by atoms with Gasteiger partial charge in [-0.25, -0.2) is 4.79 Å². The van der Waals surface area contributed by atoms with Crippen LogP contribution in [0.5, 0.6) is 0 Å². The third-order valence-electron chi connectivity index (χ3n) is 4.97. The zero-order valence-corrected chi connectivity index (χ0v) is 17.8. The summed E-state index contributed by atoms with van der Waals surface area (Å²) in [6, 6.07) is 17.9. The van der Waals surface area contributed by atoms with Gasteiger partial charge in [-0.1, -0.05) is 30.3 Å². The number of amides is 2. The van der Waals surface area contributed by atoms with Crippen molar-refractivity contribution in [2.45, 2.75) is 25.7 Å². The number of carbonyl (C=O) groups is 1. The maximum absolute atomic E-state index is 13.0. The van der Waals surface area contributed by atoms with Gasteiger partial charge in [0.1, 0.15) is 0 Å². The number of urea groups is 1. The molecule has 2 aromatic carbocycles. The number of nitrogens with zero attached hydrogens (tertiary/aromatic N) is 2. The normalized spacial score (nSPS) is 11.4. The molecule has 32 heavy (non-hydrogen) atoms. The lowest BCUT2D eigenvalue weighted by Gasteiger charge is -2.24. The van der Waals surface area contributed by atoms with Gasteiger partial charge in [0.05, 0.1) is 12.1 Å². The van der Waals surface area contributed by atoms with Crippen molar-refractivity contribution in [3.05, 3.63) is 89.7 Å². The van der Waals surface area contributed by atoms with Gasteiger partial charge in [-0.3, -0.25) is 0 Å². The van der Waals surface area contributed by atoms with Crippen molar-refractivity contribution in [3.8, 4) is 0 Å². The van der Waals surface area contributed by atoms with E-state index in [1.807, 2.05) is 47.0 Å². The number of alkyl halides is 3. The minimum Gasteiger partial charge on any atom is -0.385 e. The predicted molar refractivity (Wildman–Crippen MR) is 117 cm³/mol. The molecule has 8 heteroatoms. The van der Waals surface area contributed by atoms with Crippen LogP contribution >= 0.6 is 0 Å². The molecule has 0 unspecified atom stereocenters. The number of aromatic nitrogens is 1. The van der Waals surface area contributed by atoms with Gasteiger partial charge >= 0.3 is 12.2 Å². The molecule has 0 aliphatic heterocycles. The Morgan fingerprint density at radius 3 is 2.56 bits per heavy atom. The molecule has 0 bridgehead atoms. The highest BCUT2D eigenvalue weighted by Crippen LogP contribution is 2.29. The number of methoxy groups -OCH3 is 1. The van der Waals surface area contributed by atoms with Crippen molar-refractivity contribution < 1.29 is 22.7 Å². The fourth-order valence-corrected chi connectivity index (χ4v) is 3.36. The summed E-state index contributed by atoms with van der Waals surface area (Å²) in [5, 5.41) is 2.89. The number of rotatable bonds is 9. The molecular formula is C24H26F3N3O2. The molecule has 1 N–H and O–H groups in total. The van der Waals surface area contributed by atoms with Crippen LogP contribution in [0.2, 0.25) is 0 Å². The van der Waals surface area contributed by atoms with Crippen LogP contribution in [0.4, 0.5) is 23.7 Å². The number of ether oxygens (including phenoxy) is 1. The second kappa shape index (κ2) is 10.9. The molecule has 0 saturated carbocycles. The van der Waals surface area contributed by atoms with E-state index >= 15 is 0 Å². The number of nitrogens with one attached hydrogen (secondary N) is 1. The highest BCUT2D eigenvalue weighted by molar-refractivity contribution is 5.89. The lowest BCUT2D eigenvalue weighted by atomic mass is 10.1. The van der Waals surface area contributed by atoms with Crippen LogP contribution in [0.25, 0.3) is 0 Å². The van der Waals surface area contributed by atoms with Crippen molar-refractivity contribution in [1.29, 1.82) is 0 Å². The Balaban J connectivity index is 1.74. The topological polar surface area (TPSA) is 46.5 Å². The molecule has 2 amide bonds. The molecule has 0 fully saturated rings. The summed E-state index contributed by atoms with van der Waals surface area (Å²) >= 11 is 0. The summed E-state index contributed by atoms with van der Waals surface area (Å²) in [6.07, 6.45) is -1.92. The van der Waals surface area contributed by atoms with E-state index in [1.54, 1.807) is 24.3 Å². The van der Waals surface area contributed by atoms with Crippen LogP contribution < -0.4 is 5.32 Å². The van der Waals surface area contributed by atoms with Crippen LogP contribution in [0.3, 0.4) is 0 Å². The number of para-hydroxylation sites is 1. The average molecular weight is 445 g/mol. The number of hydrogen-bond acceptors (Lipinski definition) is 2. The Morgan fingerprint density at radius 2 is 1.84 bits per heavy atom. The molecule has 5 nitrogen and oxygen atoms in total. The van der Waals surface area contributed by atoms with Gasteiger partial charge in [-0.2, -0.15) is 13.2 Å². The quantitative estimate of drug-likeness (QED) is 0.434. The average Bonchev–Trinajstić information content (AvgIpc) is 3.20. The van der Waals surface area contributed by atoms with E-state index in [1.165, 1.54) is 6.07 Å². The zero-order valence-electron chi connectivity index (χ0n) is 17.8. The summed E-state index contributed by atoms with van der Waals surface area (Å²) < 4.78 is 46.1. The number of halogens is 3. The van der Waals surface area contributed by atoms with Crippen molar-refractivity contribution in [3.63, 3.8) is 0 Å². The monoisotopic (exact) mass is 445 g/mol. The largest absolute Gasteiger partial charge is 0.416 e. The lowest BCUT2D eigenvalue weighted by Crippen LogP contribution is -2.36. The number of benzene rings is 2. The molecule has 3 rings (SSSR count). The fourth-order valence-electron chi connectivity index (χ4n) is 3.36. The third kappa shape index (κ3) is 6.62. The lowest BCUT2D eigenvalue weighted by molar-refractivity contribution is -0.137. The zero-order chi connectivity index (χ0) is 23.0. The van der Waals surface area contributed by atoms with E-state index in [2.05, 4.69) is 5.32 Å². The summed E-state index contributed by atoms with van der Waals surface area (Å²) in [7, 11) is 1.61. The Kier molecular flexibility index (Phi) is 7.94. The summed E-state index contributed by atoms with van der Waals surface area (Å²) in [5.41, 5.74) is 1.38. The molecule has 0 spiro atoms. The molecule has 0 atom stereocenters. The molecule has 0 saturated heterocycles.